The van der Waals surface area contributed by atoms with Crippen LogP contribution >= 0.6 is 0 Å². The number of amides is 1. The molecule has 0 bridgehead atoms. The zero-order chi connectivity index (χ0) is 19.0. The highest BCUT2D eigenvalue weighted by Crippen LogP contribution is 2.40. The molecule has 142 valence electrons. The Morgan fingerprint density at radius 2 is 2.00 bits per heavy atom. The van der Waals surface area contributed by atoms with Gasteiger partial charge in [0.05, 0.1) is 12.3 Å². The van der Waals surface area contributed by atoms with Crippen molar-refractivity contribution in [3.8, 4) is 11.5 Å². The van der Waals surface area contributed by atoms with E-state index in [0.29, 0.717) is 49.6 Å². The molecule has 0 aromatic heterocycles. The Hall–Kier alpha value is -2.74. The van der Waals surface area contributed by atoms with Gasteiger partial charge in [-0.3, -0.25) is 9.10 Å². The molecule has 7 nitrogen and oxygen atoms in total. The zero-order valence-electron chi connectivity index (χ0n) is 14.7. The van der Waals surface area contributed by atoms with Gasteiger partial charge in [-0.25, -0.2) is 8.42 Å². The number of fused-ring (bicyclic) bond motifs is 2. The maximum atomic E-state index is 13.4. The van der Waals surface area contributed by atoms with Crippen LogP contribution in [0.4, 0.5) is 5.69 Å². The number of ether oxygens (including phenoxy) is 2. The Morgan fingerprint density at radius 1 is 1.19 bits per heavy atom. The molecule has 2 N–H and O–H groups in total. The maximum absolute atomic E-state index is 13.4. The summed E-state index contributed by atoms with van der Waals surface area (Å²) < 4.78 is 39.3. The number of carbonyl (C=O) groups is 1. The van der Waals surface area contributed by atoms with Gasteiger partial charge in [0.25, 0.3) is 15.9 Å². The third-order valence-corrected chi connectivity index (χ3v) is 6.62. The van der Waals surface area contributed by atoms with E-state index in [1.807, 2.05) is 6.07 Å². The quantitative estimate of drug-likeness (QED) is 0.839. The second-order valence-electron chi connectivity index (χ2n) is 6.53. The van der Waals surface area contributed by atoms with Crippen molar-refractivity contribution < 1.29 is 22.7 Å². The van der Waals surface area contributed by atoms with Gasteiger partial charge in [-0.2, -0.15) is 0 Å². The molecule has 2 aromatic carbocycles. The topological polar surface area (TPSA) is 98.9 Å². The van der Waals surface area contributed by atoms with E-state index >= 15 is 0 Å². The minimum atomic E-state index is -3.79. The van der Waals surface area contributed by atoms with Crippen molar-refractivity contribution in [2.45, 2.75) is 24.2 Å². The fourth-order valence-corrected chi connectivity index (χ4v) is 5.31. The van der Waals surface area contributed by atoms with Gasteiger partial charge in [0.15, 0.2) is 6.61 Å². The second kappa shape index (κ2) is 6.77. The zero-order valence-corrected chi connectivity index (χ0v) is 15.5. The highest BCUT2D eigenvalue weighted by molar-refractivity contribution is 7.93. The van der Waals surface area contributed by atoms with Gasteiger partial charge in [0.1, 0.15) is 16.4 Å². The molecule has 4 rings (SSSR count). The van der Waals surface area contributed by atoms with Crippen LogP contribution in [0.2, 0.25) is 0 Å². The van der Waals surface area contributed by atoms with Gasteiger partial charge in [-0.05, 0) is 36.6 Å². The van der Waals surface area contributed by atoms with E-state index in [4.69, 9.17) is 15.2 Å². The third-order valence-electron chi connectivity index (χ3n) is 4.78. The Kier molecular flexibility index (Phi) is 4.43. The van der Waals surface area contributed by atoms with E-state index in [9.17, 15) is 13.2 Å². The van der Waals surface area contributed by atoms with Crippen LogP contribution < -0.4 is 19.5 Å². The van der Waals surface area contributed by atoms with Crippen molar-refractivity contribution in [1.82, 2.24) is 0 Å². The normalized spacial score (nSPS) is 15.6. The Balaban J connectivity index is 1.76. The summed E-state index contributed by atoms with van der Waals surface area (Å²) in [4.78, 5) is 11.2. The minimum Gasteiger partial charge on any atom is -0.492 e. The van der Waals surface area contributed by atoms with Crippen LogP contribution in [0.25, 0.3) is 0 Å². The number of hydrogen-bond donors (Lipinski definition) is 1. The lowest BCUT2D eigenvalue weighted by Gasteiger charge is -2.31. The SMILES string of the molecule is NC(=O)COc1cccc2c1CCCN2S(=O)(=O)c1cccc2c1OCC2. The van der Waals surface area contributed by atoms with Crippen LogP contribution in [0.5, 0.6) is 11.5 Å². The standard InChI is InChI=1S/C19H20N2O5S/c20-18(22)12-26-16-7-2-6-15-14(16)5-3-10-21(15)27(23,24)17-8-1-4-13-9-11-25-19(13)17/h1-2,4,6-8H,3,5,9-12H2,(H2,20,22). The lowest BCUT2D eigenvalue weighted by atomic mass is 10.0. The number of hydrogen-bond acceptors (Lipinski definition) is 5. The predicted octanol–water partition coefficient (Wildman–Crippen LogP) is 1.63. The molecule has 0 aliphatic carbocycles. The monoisotopic (exact) mass is 388 g/mol. The van der Waals surface area contributed by atoms with Crippen LogP contribution in [0.1, 0.15) is 17.5 Å². The van der Waals surface area contributed by atoms with Gasteiger partial charge in [-0.1, -0.05) is 18.2 Å². The molecular formula is C19H20N2O5S. The number of benzene rings is 2. The first-order chi connectivity index (χ1) is 13.0. The van der Waals surface area contributed by atoms with Crippen LogP contribution in [0.15, 0.2) is 41.3 Å². The van der Waals surface area contributed by atoms with E-state index in [-0.39, 0.29) is 11.5 Å². The molecule has 2 heterocycles. The van der Waals surface area contributed by atoms with E-state index in [0.717, 1.165) is 11.1 Å². The molecule has 0 unspecified atom stereocenters. The first-order valence-corrected chi connectivity index (χ1v) is 10.2. The number of sulfonamides is 1. The summed E-state index contributed by atoms with van der Waals surface area (Å²) in [7, 11) is -3.79. The number of para-hydroxylation sites is 1. The fraction of sp³-hybridized carbons (Fsp3) is 0.316. The number of carbonyl (C=O) groups excluding carboxylic acids is 1. The fourth-order valence-electron chi connectivity index (χ4n) is 3.60. The summed E-state index contributed by atoms with van der Waals surface area (Å²) in [5.74, 6) is 0.358. The van der Waals surface area contributed by atoms with Gasteiger partial charge >= 0.3 is 0 Å². The van der Waals surface area contributed by atoms with Crippen LogP contribution in [-0.2, 0) is 27.7 Å². The average Bonchev–Trinajstić information content (AvgIpc) is 3.14. The minimum absolute atomic E-state index is 0.189. The van der Waals surface area contributed by atoms with Crippen molar-refractivity contribution in [2.24, 2.45) is 5.73 Å². The largest absolute Gasteiger partial charge is 0.492 e. The van der Waals surface area contributed by atoms with Crippen molar-refractivity contribution in [3.63, 3.8) is 0 Å². The molecule has 27 heavy (non-hydrogen) atoms. The summed E-state index contributed by atoms with van der Waals surface area (Å²) in [5, 5.41) is 0. The van der Waals surface area contributed by atoms with Crippen molar-refractivity contribution in [3.05, 3.63) is 47.5 Å². The second-order valence-corrected chi connectivity index (χ2v) is 8.36. The lowest BCUT2D eigenvalue weighted by Crippen LogP contribution is -2.36. The highest BCUT2D eigenvalue weighted by atomic mass is 32.2. The van der Waals surface area contributed by atoms with E-state index in [1.54, 1.807) is 30.3 Å². The summed E-state index contributed by atoms with van der Waals surface area (Å²) in [6.07, 6.45) is 2.03. The Bertz CT molecular complexity index is 1000. The van der Waals surface area contributed by atoms with Crippen LogP contribution in [0, 0.1) is 0 Å². The Morgan fingerprint density at radius 3 is 2.81 bits per heavy atom. The molecule has 0 saturated heterocycles. The number of anilines is 1. The van der Waals surface area contributed by atoms with Gasteiger partial charge in [0.2, 0.25) is 0 Å². The molecule has 2 aromatic rings. The van der Waals surface area contributed by atoms with Gasteiger partial charge in [0, 0.05) is 18.5 Å². The maximum Gasteiger partial charge on any atom is 0.268 e. The van der Waals surface area contributed by atoms with Crippen LogP contribution in [0.3, 0.4) is 0 Å². The molecule has 8 heteroatoms. The molecular weight excluding hydrogens is 368 g/mol. The molecule has 1 amide bonds. The third kappa shape index (κ3) is 3.10. The van der Waals surface area contributed by atoms with E-state index in [1.165, 1.54) is 4.31 Å². The number of primary amides is 1. The van der Waals surface area contributed by atoms with Crippen LogP contribution in [-0.4, -0.2) is 34.1 Å². The molecule has 0 saturated carbocycles. The first kappa shape index (κ1) is 17.7. The summed E-state index contributed by atoms with van der Waals surface area (Å²) in [5.41, 5.74) is 7.40. The predicted molar refractivity (Wildman–Crippen MR) is 99.6 cm³/mol. The summed E-state index contributed by atoms with van der Waals surface area (Å²) in [6.45, 7) is 0.616. The molecule has 0 radical (unpaired) electrons. The molecule has 0 fully saturated rings. The van der Waals surface area contributed by atoms with Crippen molar-refractivity contribution >= 4 is 21.6 Å². The van der Waals surface area contributed by atoms with Crippen molar-refractivity contribution in [2.75, 3.05) is 24.1 Å². The highest BCUT2D eigenvalue weighted by Gasteiger charge is 2.34. The molecule has 0 spiro atoms. The number of nitrogens with two attached hydrogens (primary N) is 1. The number of nitrogens with zero attached hydrogens (tertiary/aromatic N) is 1. The number of rotatable bonds is 5. The molecule has 2 aliphatic heterocycles. The lowest BCUT2D eigenvalue weighted by molar-refractivity contribution is -0.119. The average molecular weight is 388 g/mol. The summed E-state index contributed by atoms with van der Waals surface area (Å²) >= 11 is 0. The molecule has 0 atom stereocenters. The van der Waals surface area contributed by atoms with Crippen molar-refractivity contribution in [1.29, 1.82) is 0 Å². The van der Waals surface area contributed by atoms with E-state index < -0.39 is 15.9 Å². The summed E-state index contributed by atoms with van der Waals surface area (Å²) in [6, 6.07) is 10.4. The smallest absolute Gasteiger partial charge is 0.268 e. The van der Waals surface area contributed by atoms with Gasteiger partial charge < -0.3 is 15.2 Å². The Labute approximate surface area is 157 Å². The molecule has 2 aliphatic rings. The first-order valence-electron chi connectivity index (χ1n) is 8.79. The van der Waals surface area contributed by atoms with Gasteiger partial charge in [-0.15, -0.1) is 0 Å². The van der Waals surface area contributed by atoms with E-state index in [2.05, 4.69) is 0 Å².